The van der Waals surface area contributed by atoms with Crippen molar-refractivity contribution >= 4 is 17.3 Å². The zero-order valence-corrected chi connectivity index (χ0v) is 11.5. The van der Waals surface area contributed by atoms with Crippen LogP contribution in [0.25, 0.3) is 0 Å². The molecule has 0 saturated heterocycles. The van der Waals surface area contributed by atoms with Gasteiger partial charge in [-0.05, 0) is 38.1 Å². The van der Waals surface area contributed by atoms with Gasteiger partial charge in [0.15, 0.2) is 0 Å². The first-order valence-corrected chi connectivity index (χ1v) is 6.36. The van der Waals surface area contributed by atoms with Crippen LogP contribution in [0.5, 0.6) is 5.75 Å². The third-order valence-corrected chi connectivity index (χ3v) is 3.24. The van der Waals surface area contributed by atoms with Gasteiger partial charge in [-0.25, -0.2) is 4.39 Å². The maximum absolute atomic E-state index is 13.1. The van der Waals surface area contributed by atoms with E-state index in [2.05, 4.69) is 5.32 Å². The third kappa shape index (κ3) is 3.18. The Morgan fingerprint density at radius 2 is 1.95 bits per heavy atom. The molecule has 0 heterocycles. The zero-order chi connectivity index (χ0) is 14.0. The van der Waals surface area contributed by atoms with Gasteiger partial charge in [0.05, 0.1) is 11.1 Å². The van der Waals surface area contributed by atoms with Crippen LogP contribution in [-0.4, -0.2) is 5.11 Å². The minimum atomic E-state index is -0.446. The van der Waals surface area contributed by atoms with Gasteiger partial charge in [0.25, 0.3) is 0 Å². The summed E-state index contributed by atoms with van der Waals surface area (Å²) < 4.78 is 13.1. The Kier molecular flexibility index (Phi) is 3.96. The fourth-order valence-electron chi connectivity index (χ4n) is 1.93. The van der Waals surface area contributed by atoms with Crippen molar-refractivity contribution in [3.8, 4) is 5.75 Å². The van der Waals surface area contributed by atoms with Crippen molar-refractivity contribution in [1.82, 2.24) is 0 Å². The lowest BCUT2D eigenvalue weighted by atomic mass is 10.0. The molecule has 4 heteroatoms. The number of rotatable bonds is 3. The molecule has 1 unspecified atom stereocenters. The average molecular weight is 280 g/mol. The number of nitrogens with one attached hydrogen (secondary N) is 1. The van der Waals surface area contributed by atoms with Crippen molar-refractivity contribution in [2.45, 2.75) is 19.9 Å². The molecule has 2 nitrogen and oxygen atoms in total. The maximum atomic E-state index is 13.1. The first-order valence-electron chi connectivity index (χ1n) is 5.98. The van der Waals surface area contributed by atoms with Crippen LogP contribution in [0, 0.1) is 12.7 Å². The van der Waals surface area contributed by atoms with Crippen LogP contribution >= 0.6 is 11.6 Å². The molecule has 2 N–H and O–H groups in total. The zero-order valence-electron chi connectivity index (χ0n) is 10.7. The molecular weight excluding hydrogens is 265 g/mol. The van der Waals surface area contributed by atoms with E-state index in [1.807, 2.05) is 26.0 Å². The minimum absolute atomic E-state index is 0.0747. The molecular formula is C15H15ClFNO. The van der Waals surface area contributed by atoms with Crippen molar-refractivity contribution in [1.29, 1.82) is 0 Å². The summed E-state index contributed by atoms with van der Waals surface area (Å²) in [6.07, 6.45) is 0. The number of hydrogen-bond donors (Lipinski definition) is 2. The van der Waals surface area contributed by atoms with Gasteiger partial charge in [-0.1, -0.05) is 29.3 Å². The summed E-state index contributed by atoms with van der Waals surface area (Å²) >= 11 is 5.74. The minimum Gasteiger partial charge on any atom is -0.508 e. The maximum Gasteiger partial charge on any atom is 0.141 e. The van der Waals surface area contributed by atoms with Gasteiger partial charge in [-0.2, -0.15) is 0 Å². The molecule has 0 saturated carbocycles. The summed E-state index contributed by atoms with van der Waals surface area (Å²) in [5, 5.41) is 13.1. The number of aromatic hydroxyl groups is 1. The smallest absolute Gasteiger partial charge is 0.141 e. The molecule has 0 aliphatic rings. The largest absolute Gasteiger partial charge is 0.508 e. The summed E-state index contributed by atoms with van der Waals surface area (Å²) in [5.41, 5.74) is 2.57. The summed E-state index contributed by atoms with van der Waals surface area (Å²) in [6, 6.07) is 9.78. The molecule has 1 atom stereocenters. The van der Waals surface area contributed by atoms with Crippen LogP contribution in [0.1, 0.15) is 24.1 Å². The van der Waals surface area contributed by atoms with Gasteiger partial charge < -0.3 is 10.4 Å². The molecule has 0 spiro atoms. The van der Waals surface area contributed by atoms with Crippen molar-refractivity contribution in [3.63, 3.8) is 0 Å². The van der Waals surface area contributed by atoms with E-state index in [1.54, 1.807) is 12.1 Å². The molecule has 2 rings (SSSR count). The first-order chi connectivity index (χ1) is 8.97. The quantitative estimate of drug-likeness (QED) is 0.856. The molecule has 0 aromatic heterocycles. The summed E-state index contributed by atoms with van der Waals surface area (Å²) in [4.78, 5) is 0. The molecule has 0 bridgehead atoms. The van der Waals surface area contributed by atoms with E-state index in [-0.39, 0.29) is 16.8 Å². The van der Waals surface area contributed by atoms with E-state index < -0.39 is 5.82 Å². The summed E-state index contributed by atoms with van der Waals surface area (Å²) in [5.74, 6) is -0.211. The molecule has 2 aromatic rings. The SMILES string of the molecule is Cc1ccc(O)c(C(C)Nc2ccc(F)c(Cl)c2)c1. The van der Waals surface area contributed by atoms with Crippen molar-refractivity contribution in [3.05, 3.63) is 58.4 Å². The van der Waals surface area contributed by atoms with Gasteiger partial charge >= 0.3 is 0 Å². The van der Waals surface area contributed by atoms with E-state index in [0.29, 0.717) is 5.69 Å². The molecule has 2 aromatic carbocycles. The molecule has 0 amide bonds. The second-order valence-corrected chi connectivity index (χ2v) is 4.96. The second kappa shape index (κ2) is 5.49. The van der Waals surface area contributed by atoms with Crippen LogP contribution in [0.2, 0.25) is 5.02 Å². The predicted molar refractivity (Wildman–Crippen MR) is 76.3 cm³/mol. The molecule has 0 fully saturated rings. The average Bonchev–Trinajstić information content (AvgIpc) is 2.36. The summed E-state index contributed by atoms with van der Waals surface area (Å²) in [6.45, 7) is 3.89. The highest BCUT2D eigenvalue weighted by atomic mass is 35.5. The Hall–Kier alpha value is -1.74. The highest BCUT2D eigenvalue weighted by Crippen LogP contribution is 2.29. The van der Waals surface area contributed by atoms with Gasteiger partial charge in [0.1, 0.15) is 11.6 Å². The van der Waals surface area contributed by atoms with Gasteiger partial charge in [0.2, 0.25) is 0 Å². The number of anilines is 1. The molecule has 0 aliphatic carbocycles. The highest BCUT2D eigenvalue weighted by Gasteiger charge is 2.11. The Morgan fingerprint density at radius 3 is 2.63 bits per heavy atom. The normalized spacial score (nSPS) is 12.2. The standard InChI is InChI=1S/C15H15ClFNO/c1-9-3-6-15(19)12(7-9)10(2)18-11-4-5-14(17)13(16)8-11/h3-8,10,18-19H,1-2H3. The number of aryl methyl sites for hydroxylation is 1. The Bertz CT molecular complexity index is 601. The molecule has 0 radical (unpaired) electrons. The fourth-order valence-corrected chi connectivity index (χ4v) is 2.11. The Balaban J connectivity index is 2.22. The van der Waals surface area contributed by atoms with Crippen LogP contribution in [0.4, 0.5) is 10.1 Å². The Morgan fingerprint density at radius 1 is 1.21 bits per heavy atom. The topological polar surface area (TPSA) is 32.3 Å². The van der Waals surface area contributed by atoms with Crippen LogP contribution in [0.3, 0.4) is 0 Å². The van der Waals surface area contributed by atoms with E-state index in [4.69, 9.17) is 11.6 Å². The van der Waals surface area contributed by atoms with Gasteiger partial charge in [-0.15, -0.1) is 0 Å². The van der Waals surface area contributed by atoms with Gasteiger partial charge in [-0.3, -0.25) is 0 Å². The fraction of sp³-hybridized carbons (Fsp3) is 0.200. The van der Waals surface area contributed by atoms with E-state index >= 15 is 0 Å². The van der Waals surface area contributed by atoms with Crippen LogP contribution < -0.4 is 5.32 Å². The number of hydrogen-bond acceptors (Lipinski definition) is 2. The third-order valence-electron chi connectivity index (χ3n) is 2.95. The molecule has 100 valence electrons. The van der Waals surface area contributed by atoms with E-state index in [1.165, 1.54) is 12.1 Å². The number of phenols is 1. The first kappa shape index (κ1) is 13.7. The monoisotopic (exact) mass is 279 g/mol. The number of phenolic OH excluding ortho intramolecular Hbond substituents is 1. The number of benzene rings is 2. The molecule has 0 aliphatic heterocycles. The van der Waals surface area contributed by atoms with E-state index in [9.17, 15) is 9.50 Å². The predicted octanol–water partition coefficient (Wildman–Crippen LogP) is 4.67. The summed E-state index contributed by atoms with van der Waals surface area (Å²) in [7, 11) is 0. The van der Waals surface area contributed by atoms with E-state index in [0.717, 1.165) is 11.1 Å². The van der Waals surface area contributed by atoms with Crippen molar-refractivity contribution in [2.75, 3.05) is 5.32 Å². The van der Waals surface area contributed by atoms with Crippen molar-refractivity contribution < 1.29 is 9.50 Å². The Labute approximate surface area is 116 Å². The van der Waals surface area contributed by atoms with Crippen LogP contribution in [-0.2, 0) is 0 Å². The second-order valence-electron chi connectivity index (χ2n) is 4.56. The van der Waals surface area contributed by atoms with Crippen LogP contribution in [0.15, 0.2) is 36.4 Å². The lowest BCUT2D eigenvalue weighted by Gasteiger charge is -2.17. The lowest BCUT2D eigenvalue weighted by Crippen LogP contribution is -2.07. The molecule has 19 heavy (non-hydrogen) atoms. The van der Waals surface area contributed by atoms with Gasteiger partial charge in [0, 0.05) is 11.3 Å². The number of halogens is 2. The van der Waals surface area contributed by atoms with Crippen molar-refractivity contribution in [2.24, 2.45) is 0 Å². The highest BCUT2D eigenvalue weighted by molar-refractivity contribution is 6.31. The lowest BCUT2D eigenvalue weighted by molar-refractivity contribution is 0.465.